The summed E-state index contributed by atoms with van der Waals surface area (Å²) >= 11 is 0. The summed E-state index contributed by atoms with van der Waals surface area (Å²) in [6.07, 6.45) is 26.2. The first-order chi connectivity index (χ1) is 12.3. The molecule has 1 aliphatic heterocycles. The van der Waals surface area contributed by atoms with E-state index in [0.717, 1.165) is 0 Å². The zero-order valence-electron chi connectivity index (χ0n) is 17.6. The maximum atomic E-state index is 2.62. The minimum absolute atomic E-state index is 0.644. The van der Waals surface area contributed by atoms with Crippen molar-refractivity contribution < 1.29 is 0 Å². The van der Waals surface area contributed by atoms with E-state index in [-0.39, 0.29) is 0 Å². The highest BCUT2D eigenvalue weighted by atomic mass is 15.4. The summed E-state index contributed by atoms with van der Waals surface area (Å²) in [6, 6.07) is 0. The van der Waals surface area contributed by atoms with Gasteiger partial charge in [0.25, 0.3) is 0 Å². The van der Waals surface area contributed by atoms with Crippen molar-refractivity contribution in [3.63, 3.8) is 0 Å². The first kappa shape index (κ1) is 22.4. The molecule has 1 atom stereocenters. The molecule has 0 aromatic rings. The van der Waals surface area contributed by atoms with E-state index in [9.17, 15) is 0 Å². The molecule has 1 aliphatic rings. The molecule has 0 aromatic carbocycles. The largest absolute Gasteiger partial charge is 0.356 e. The van der Waals surface area contributed by atoms with E-state index in [2.05, 4.69) is 43.0 Å². The number of hydrogen-bond donors (Lipinski definition) is 0. The Bertz CT molecular complexity index is 313. The van der Waals surface area contributed by atoms with Gasteiger partial charge in [0.2, 0.25) is 0 Å². The molecular weight excluding hydrogens is 304 g/mol. The van der Waals surface area contributed by atoms with E-state index in [1.165, 1.54) is 109 Å². The van der Waals surface area contributed by atoms with Gasteiger partial charge in [0.15, 0.2) is 0 Å². The van der Waals surface area contributed by atoms with Gasteiger partial charge in [-0.1, -0.05) is 91.4 Å². The standard InChI is InChI=1S/C23H46N2/c1-4-7-10-11-12-13-14-15-16-17-20-25-22-21-24(19-9-6-3)23(25)18-8-5-2/h21-23H,4-20H2,1-3H3. The van der Waals surface area contributed by atoms with Gasteiger partial charge in [0, 0.05) is 25.5 Å². The first-order valence-corrected chi connectivity index (χ1v) is 11.5. The molecule has 1 unspecified atom stereocenters. The molecule has 0 spiro atoms. The molecule has 0 fully saturated rings. The Morgan fingerprint density at radius 3 is 1.48 bits per heavy atom. The summed E-state index contributed by atoms with van der Waals surface area (Å²) in [5, 5.41) is 0. The van der Waals surface area contributed by atoms with Crippen molar-refractivity contribution >= 4 is 0 Å². The second-order valence-corrected chi connectivity index (χ2v) is 7.93. The van der Waals surface area contributed by atoms with Crippen molar-refractivity contribution in [3.05, 3.63) is 12.4 Å². The van der Waals surface area contributed by atoms with E-state index in [1.807, 2.05) is 0 Å². The van der Waals surface area contributed by atoms with Crippen LogP contribution in [-0.2, 0) is 0 Å². The summed E-state index contributed by atoms with van der Waals surface area (Å²) in [5.74, 6) is 0. The topological polar surface area (TPSA) is 6.48 Å². The molecule has 1 rings (SSSR count). The Morgan fingerprint density at radius 1 is 0.520 bits per heavy atom. The Labute approximate surface area is 159 Å². The van der Waals surface area contributed by atoms with Crippen molar-refractivity contribution in [2.24, 2.45) is 0 Å². The van der Waals surface area contributed by atoms with E-state index in [4.69, 9.17) is 0 Å². The van der Waals surface area contributed by atoms with Crippen LogP contribution in [0.25, 0.3) is 0 Å². The molecule has 0 radical (unpaired) electrons. The van der Waals surface area contributed by atoms with Crippen molar-refractivity contribution in [1.82, 2.24) is 9.80 Å². The maximum absolute atomic E-state index is 2.62. The smallest absolute Gasteiger partial charge is 0.101 e. The van der Waals surface area contributed by atoms with Crippen LogP contribution in [0.1, 0.15) is 117 Å². The molecule has 0 saturated carbocycles. The highest BCUT2D eigenvalue weighted by Gasteiger charge is 2.24. The minimum atomic E-state index is 0.644. The quantitative estimate of drug-likeness (QED) is 0.254. The van der Waals surface area contributed by atoms with Crippen LogP contribution < -0.4 is 0 Å². The summed E-state index contributed by atoms with van der Waals surface area (Å²) in [5.41, 5.74) is 0. The first-order valence-electron chi connectivity index (χ1n) is 11.5. The molecular formula is C23H46N2. The number of rotatable bonds is 17. The normalized spacial score (nSPS) is 17.0. The highest BCUT2D eigenvalue weighted by molar-refractivity contribution is 4.96. The molecule has 0 bridgehead atoms. The van der Waals surface area contributed by atoms with Crippen LogP contribution in [0.5, 0.6) is 0 Å². The molecule has 2 heteroatoms. The van der Waals surface area contributed by atoms with E-state index >= 15 is 0 Å². The fourth-order valence-corrected chi connectivity index (χ4v) is 3.85. The van der Waals surface area contributed by atoms with Crippen LogP contribution in [0.4, 0.5) is 0 Å². The summed E-state index contributed by atoms with van der Waals surface area (Å²) in [7, 11) is 0. The Hall–Kier alpha value is -0.660. The monoisotopic (exact) mass is 350 g/mol. The van der Waals surface area contributed by atoms with Crippen molar-refractivity contribution in [2.45, 2.75) is 123 Å². The van der Waals surface area contributed by atoms with Crippen LogP contribution >= 0.6 is 0 Å². The van der Waals surface area contributed by atoms with Gasteiger partial charge in [-0.05, 0) is 25.7 Å². The third kappa shape index (κ3) is 10.2. The Balaban J connectivity index is 2.10. The highest BCUT2D eigenvalue weighted by Crippen LogP contribution is 2.22. The van der Waals surface area contributed by atoms with Crippen LogP contribution in [0.3, 0.4) is 0 Å². The van der Waals surface area contributed by atoms with Crippen LogP contribution in [0, 0.1) is 0 Å². The number of nitrogens with zero attached hydrogens (tertiary/aromatic N) is 2. The lowest BCUT2D eigenvalue weighted by atomic mass is 10.1. The van der Waals surface area contributed by atoms with Gasteiger partial charge in [-0.3, -0.25) is 0 Å². The van der Waals surface area contributed by atoms with Gasteiger partial charge < -0.3 is 9.80 Å². The Morgan fingerprint density at radius 2 is 0.960 bits per heavy atom. The molecule has 2 nitrogen and oxygen atoms in total. The van der Waals surface area contributed by atoms with Crippen molar-refractivity contribution in [2.75, 3.05) is 13.1 Å². The summed E-state index contributed by atoms with van der Waals surface area (Å²) in [4.78, 5) is 5.21. The molecule has 0 saturated heterocycles. The second-order valence-electron chi connectivity index (χ2n) is 7.93. The van der Waals surface area contributed by atoms with E-state index in [1.54, 1.807) is 0 Å². The van der Waals surface area contributed by atoms with Gasteiger partial charge in [-0.2, -0.15) is 0 Å². The zero-order chi connectivity index (χ0) is 18.2. The Kier molecular flexibility index (Phi) is 14.0. The lowest BCUT2D eigenvalue weighted by Gasteiger charge is -2.33. The van der Waals surface area contributed by atoms with Crippen LogP contribution in [0.2, 0.25) is 0 Å². The fourth-order valence-electron chi connectivity index (χ4n) is 3.85. The SMILES string of the molecule is CCCCCCCCCCCCN1C=CN(CCCC)C1CCCC. The lowest BCUT2D eigenvalue weighted by molar-refractivity contribution is 0.137. The second kappa shape index (κ2) is 15.6. The lowest BCUT2D eigenvalue weighted by Crippen LogP contribution is -2.39. The average Bonchev–Trinajstić information content (AvgIpc) is 3.01. The third-order valence-electron chi connectivity index (χ3n) is 5.57. The number of hydrogen-bond acceptors (Lipinski definition) is 2. The van der Waals surface area contributed by atoms with Crippen molar-refractivity contribution in [1.29, 1.82) is 0 Å². The average molecular weight is 351 g/mol. The molecule has 1 heterocycles. The predicted octanol–water partition coefficient (Wildman–Crippen LogP) is 7.31. The van der Waals surface area contributed by atoms with Gasteiger partial charge >= 0.3 is 0 Å². The van der Waals surface area contributed by atoms with E-state index < -0.39 is 0 Å². The van der Waals surface area contributed by atoms with Gasteiger partial charge in [-0.25, -0.2) is 0 Å². The molecule has 25 heavy (non-hydrogen) atoms. The van der Waals surface area contributed by atoms with Crippen LogP contribution in [0.15, 0.2) is 12.4 Å². The van der Waals surface area contributed by atoms with Gasteiger partial charge in [-0.15, -0.1) is 0 Å². The molecule has 0 N–H and O–H groups in total. The van der Waals surface area contributed by atoms with Crippen molar-refractivity contribution in [3.8, 4) is 0 Å². The number of unbranched alkanes of at least 4 members (excludes halogenated alkanes) is 11. The summed E-state index contributed by atoms with van der Waals surface area (Å²) in [6.45, 7) is 9.39. The fraction of sp³-hybridized carbons (Fsp3) is 0.913. The summed E-state index contributed by atoms with van der Waals surface area (Å²) < 4.78 is 0. The van der Waals surface area contributed by atoms with Crippen LogP contribution in [-0.4, -0.2) is 29.1 Å². The molecule has 0 amide bonds. The minimum Gasteiger partial charge on any atom is -0.356 e. The maximum Gasteiger partial charge on any atom is 0.101 e. The zero-order valence-corrected chi connectivity index (χ0v) is 17.6. The van der Waals surface area contributed by atoms with E-state index in [0.29, 0.717) is 6.17 Å². The molecule has 0 aliphatic carbocycles. The predicted molar refractivity (Wildman–Crippen MR) is 113 cm³/mol. The van der Waals surface area contributed by atoms with Gasteiger partial charge in [0.1, 0.15) is 6.17 Å². The molecule has 0 aromatic heterocycles. The molecule has 148 valence electrons. The van der Waals surface area contributed by atoms with Gasteiger partial charge in [0.05, 0.1) is 0 Å². The third-order valence-corrected chi connectivity index (χ3v) is 5.57.